The molecule has 96 valence electrons. The van der Waals surface area contributed by atoms with Gasteiger partial charge in [0, 0.05) is 12.1 Å². The van der Waals surface area contributed by atoms with Gasteiger partial charge in [-0.05, 0) is 37.0 Å². The van der Waals surface area contributed by atoms with Crippen LogP contribution in [-0.4, -0.2) is 20.3 Å². The Hall–Kier alpha value is -1.22. The van der Waals surface area contributed by atoms with Gasteiger partial charge in [-0.1, -0.05) is 13.3 Å². The molecule has 0 radical (unpaired) electrons. The van der Waals surface area contributed by atoms with E-state index >= 15 is 0 Å². The van der Waals surface area contributed by atoms with Crippen molar-refractivity contribution < 1.29 is 9.47 Å². The van der Waals surface area contributed by atoms with Crippen LogP contribution in [0.25, 0.3) is 0 Å². The molecule has 0 aliphatic rings. The van der Waals surface area contributed by atoms with Crippen molar-refractivity contribution in [2.75, 3.05) is 14.2 Å². The SMILES string of the molecule is CCCC(N)CCc1cc(OC)cc(OC)c1. The quantitative estimate of drug-likeness (QED) is 0.793. The topological polar surface area (TPSA) is 44.5 Å². The van der Waals surface area contributed by atoms with E-state index in [2.05, 4.69) is 6.92 Å². The van der Waals surface area contributed by atoms with Crippen molar-refractivity contribution in [3.63, 3.8) is 0 Å². The summed E-state index contributed by atoms with van der Waals surface area (Å²) in [5.74, 6) is 1.67. The van der Waals surface area contributed by atoms with Gasteiger partial charge in [0.15, 0.2) is 0 Å². The fourth-order valence-electron chi connectivity index (χ4n) is 1.88. The van der Waals surface area contributed by atoms with E-state index in [1.165, 1.54) is 5.56 Å². The van der Waals surface area contributed by atoms with Gasteiger partial charge in [0.05, 0.1) is 14.2 Å². The van der Waals surface area contributed by atoms with Crippen LogP contribution in [0, 0.1) is 0 Å². The minimum Gasteiger partial charge on any atom is -0.497 e. The molecular weight excluding hydrogens is 214 g/mol. The Bertz CT molecular complexity index is 317. The molecule has 1 aromatic rings. The monoisotopic (exact) mass is 237 g/mol. The number of nitrogens with two attached hydrogens (primary N) is 1. The second-order valence-electron chi connectivity index (χ2n) is 4.31. The summed E-state index contributed by atoms with van der Waals surface area (Å²) < 4.78 is 10.5. The molecule has 0 saturated carbocycles. The van der Waals surface area contributed by atoms with Crippen molar-refractivity contribution in [3.05, 3.63) is 23.8 Å². The largest absolute Gasteiger partial charge is 0.497 e. The Morgan fingerprint density at radius 2 is 1.65 bits per heavy atom. The van der Waals surface area contributed by atoms with Crippen molar-refractivity contribution in [1.82, 2.24) is 0 Å². The molecule has 3 heteroatoms. The highest BCUT2D eigenvalue weighted by atomic mass is 16.5. The summed E-state index contributed by atoms with van der Waals surface area (Å²) in [6.45, 7) is 2.16. The van der Waals surface area contributed by atoms with E-state index in [0.29, 0.717) is 0 Å². The van der Waals surface area contributed by atoms with Crippen LogP contribution >= 0.6 is 0 Å². The van der Waals surface area contributed by atoms with Crippen LogP contribution in [0.3, 0.4) is 0 Å². The number of benzene rings is 1. The van der Waals surface area contributed by atoms with E-state index in [1.54, 1.807) is 14.2 Å². The second kappa shape index (κ2) is 7.17. The zero-order valence-corrected chi connectivity index (χ0v) is 11.0. The van der Waals surface area contributed by atoms with E-state index in [0.717, 1.165) is 37.2 Å². The molecule has 2 N–H and O–H groups in total. The summed E-state index contributed by atoms with van der Waals surface area (Å²) in [7, 11) is 3.34. The minimum absolute atomic E-state index is 0.289. The third kappa shape index (κ3) is 4.65. The van der Waals surface area contributed by atoms with E-state index in [-0.39, 0.29) is 6.04 Å². The Morgan fingerprint density at radius 3 is 2.12 bits per heavy atom. The molecule has 1 aromatic carbocycles. The maximum absolute atomic E-state index is 6.01. The Kier molecular flexibility index (Phi) is 5.84. The van der Waals surface area contributed by atoms with Crippen molar-refractivity contribution >= 4 is 0 Å². The lowest BCUT2D eigenvalue weighted by molar-refractivity contribution is 0.393. The molecule has 0 saturated heterocycles. The molecule has 0 aliphatic carbocycles. The van der Waals surface area contributed by atoms with Crippen LogP contribution in [-0.2, 0) is 6.42 Å². The van der Waals surface area contributed by atoms with Gasteiger partial charge in [0.1, 0.15) is 11.5 Å². The Morgan fingerprint density at radius 1 is 1.06 bits per heavy atom. The van der Waals surface area contributed by atoms with Gasteiger partial charge in [-0.3, -0.25) is 0 Å². The zero-order chi connectivity index (χ0) is 12.7. The van der Waals surface area contributed by atoms with Gasteiger partial charge >= 0.3 is 0 Å². The number of ether oxygens (including phenoxy) is 2. The lowest BCUT2D eigenvalue weighted by Gasteiger charge is -2.12. The summed E-state index contributed by atoms with van der Waals surface area (Å²) in [6.07, 6.45) is 4.20. The van der Waals surface area contributed by atoms with E-state index in [9.17, 15) is 0 Å². The standard InChI is InChI=1S/C14H23NO2/c1-4-5-12(15)7-6-11-8-13(16-2)10-14(9-11)17-3/h8-10,12H,4-7,15H2,1-3H3. The molecule has 0 aromatic heterocycles. The number of aryl methyl sites for hydroxylation is 1. The highest BCUT2D eigenvalue weighted by Crippen LogP contribution is 2.23. The fourth-order valence-corrected chi connectivity index (χ4v) is 1.88. The highest BCUT2D eigenvalue weighted by molar-refractivity contribution is 5.38. The van der Waals surface area contributed by atoms with Crippen LogP contribution in [0.4, 0.5) is 0 Å². The predicted molar refractivity (Wildman–Crippen MR) is 70.8 cm³/mol. The molecule has 0 heterocycles. The van der Waals surface area contributed by atoms with Gasteiger partial charge in [-0.25, -0.2) is 0 Å². The average Bonchev–Trinajstić information content (AvgIpc) is 2.36. The zero-order valence-electron chi connectivity index (χ0n) is 11.0. The maximum Gasteiger partial charge on any atom is 0.122 e. The first-order valence-electron chi connectivity index (χ1n) is 6.17. The molecule has 3 nitrogen and oxygen atoms in total. The first-order chi connectivity index (χ1) is 8.19. The summed E-state index contributed by atoms with van der Waals surface area (Å²) >= 11 is 0. The molecule has 17 heavy (non-hydrogen) atoms. The molecule has 1 atom stereocenters. The number of hydrogen-bond donors (Lipinski definition) is 1. The van der Waals surface area contributed by atoms with Crippen LogP contribution in [0.15, 0.2) is 18.2 Å². The normalized spacial score (nSPS) is 12.2. The van der Waals surface area contributed by atoms with Gasteiger partial charge in [0.25, 0.3) is 0 Å². The van der Waals surface area contributed by atoms with E-state index in [1.807, 2.05) is 18.2 Å². The summed E-state index contributed by atoms with van der Waals surface area (Å²) in [5, 5.41) is 0. The van der Waals surface area contributed by atoms with Gasteiger partial charge in [0.2, 0.25) is 0 Å². The van der Waals surface area contributed by atoms with Crippen LogP contribution in [0.1, 0.15) is 31.7 Å². The van der Waals surface area contributed by atoms with Crippen molar-refractivity contribution in [3.8, 4) is 11.5 Å². The Balaban J connectivity index is 2.63. The maximum atomic E-state index is 6.01. The molecule has 1 rings (SSSR count). The van der Waals surface area contributed by atoms with Crippen LogP contribution in [0.5, 0.6) is 11.5 Å². The molecular formula is C14H23NO2. The molecule has 0 spiro atoms. The van der Waals surface area contributed by atoms with Crippen LogP contribution in [0.2, 0.25) is 0 Å². The molecule has 1 unspecified atom stereocenters. The summed E-state index contributed by atoms with van der Waals surface area (Å²) in [6, 6.07) is 6.26. The fraction of sp³-hybridized carbons (Fsp3) is 0.571. The third-order valence-corrected chi connectivity index (χ3v) is 2.87. The molecule has 0 amide bonds. The lowest BCUT2D eigenvalue weighted by atomic mass is 10.0. The van der Waals surface area contributed by atoms with Crippen LogP contribution < -0.4 is 15.2 Å². The highest BCUT2D eigenvalue weighted by Gasteiger charge is 2.05. The molecule has 0 fully saturated rings. The molecule has 0 aliphatic heterocycles. The first kappa shape index (κ1) is 13.8. The lowest BCUT2D eigenvalue weighted by Crippen LogP contribution is -2.20. The average molecular weight is 237 g/mol. The van der Waals surface area contributed by atoms with Crippen molar-refractivity contribution in [1.29, 1.82) is 0 Å². The first-order valence-corrected chi connectivity index (χ1v) is 6.17. The van der Waals surface area contributed by atoms with Crippen molar-refractivity contribution in [2.45, 2.75) is 38.6 Å². The van der Waals surface area contributed by atoms with E-state index in [4.69, 9.17) is 15.2 Å². The second-order valence-corrected chi connectivity index (χ2v) is 4.31. The predicted octanol–water partition coefficient (Wildman–Crippen LogP) is 2.76. The van der Waals surface area contributed by atoms with Gasteiger partial charge in [-0.15, -0.1) is 0 Å². The van der Waals surface area contributed by atoms with E-state index < -0.39 is 0 Å². The third-order valence-electron chi connectivity index (χ3n) is 2.87. The summed E-state index contributed by atoms with van der Waals surface area (Å²) in [4.78, 5) is 0. The number of methoxy groups -OCH3 is 2. The molecule has 0 bridgehead atoms. The number of rotatable bonds is 7. The van der Waals surface area contributed by atoms with Gasteiger partial charge < -0.3 is 15.2 Å². The Labute approximate surface area is 104 Å². The van der Waals surface area contributed by atoms with Crippen molar-refractivity contribution in [2.24, 2.45) is 5.73 Å². The minimum atomic E-state index is 0.289. The smallest absolute Gasteiger partial charge is 0.122 e. The van der Waals surface area contributed by atoms with Gasteiger partial charge in [-0.2, -0.15) is 0 Å². The summed E-state index contributed by atoms with van der Waals surface area (Å²) in [5.41, 5.74) is 7.23. The number of hydrogen-bond acceptors (Lipinski definition) is 3.